The van der Waals surface area contributed by atoms with Crippen LogP contribution in [0.5, 0.6) is 0 Å². The number of nitriles is 1. The monoisotopic (exact) mass is 300 g/mol. The van der Waals surface area contributed by atoms with Crippen LogP contribution in [0.25, 0.3) is 0 Å². The van der Waals surface area contributed by atoms with E-state index >= 15 is 0 Å². The van der Waals surface area contributed by atoms with Crippen LogP contribution in [-0.2, 0) is 11.3 Å². The Morgan fingerprint density at radius 3 is 2.57 bits per heavy atom. The van der Waals surface area contributed by atoms with Crippen LogP contribution in [0, 0.1) is 17.1 Å². The number of halogens is 1. The first-order chi connectivity index (χ1) is 10.2. The molecule has 0 aliphatic rings. The Hall–Kier alpha value is -2.32. The third kappa shape index (κ3) is 4.62. The molecule has 0 atom stereocenters. The maximum atomic E-state index is 13.4. The average molecular weight is 300 g/mol. The Bertz CT molecular complexity index is 665. The van der Waals surface area contributed by atoms with E-state index in [0.717, 1.165) is 4.90 Å². The number of amides is 1. The Kier molecular flexibility index (Phi) is 5.35. The van der Waals surface area contributed by atoms with Gasteiger partial charge in [-0.1, -0.05) is 18.2 Å². The molecule has 1 amide bonds. The lowest BCUT2D eigenvalue weighted by molar-refractivity contribution is -0.118. The SMILES string of the molecule is N#Cc1ccc(SCC(=O)NCc2ccccc2F)cc1. The third-order valence-corrected chi connectivity index (χ3v) is 3.80. The first-order valence-electron chi connectivity index (χ1n) is 6.32. The summed E-state index contributed by atoms with van der Waals surface area (Å²) in [4.78, 5) is 12.6. The second kappa shape index (κ2) is 7.46. The molecule has 5 heteroatoms. The van der Waals surface area contributed by atoms with Gasteiger partial charge in [0.1, 0.15) is 5.82 Å². The van der Waals surface area contributed by atoms with Crippen LogP contribution in [0.2, 0.25) is 0 Å². The molecule has 2 aromatic rings. The molecule has 3 nitrogen and oxygen atoms in total. The van der Waals surface area contributed by atoms with E-state index in [1.165, 1.54) is 17.8 Å². The summed E-state index contributed by atoms with van der Waals surface area (Å²) in [6.45, 7) is 0.180. The smallest absolute Gasteiger partial charge is 0.230 e. The first-order valence-corrected chi connectivity index (χ1v) is 7.30. The number of hydrogen-bond donors (Lipinski definition) is 1. The highest BCUT2D eigenvalue weighted by atomic mass is 32.2. The van der Waals surface area contributed by atoms with Crippen LogP contribution in [-0.4, -0.2) is 11.7 Å². The summed E-state index contributed by atoms with van der Waals surface area (Å²) < 4.78 is 13.4. The van der Waals surface area contributed by atoms with Crippen molar-refractivity contribution < 1.29 is 9.18 Å². The van der Waals surface area contributed by atoms with Gasteiger partial charge in [-0.3, -0.25) is 4.79 Å². The molecule has 0 unspecified atom stereocenters. The normalized spacial score (nSPS) is 9.90. The van der Waals surface area contributed by atoms with E-state index in [1.807, 2.05) is 6.07 Å². The van der Waals surface area contributed by atoms with Gasteiger partial charge in [0.05, 0.1) is 17.4 Å². The molecule has 0 bridgehead atoms. The Morgan fingerprint density at radius 2 is 1.90 bits per heavy atom. The van der Waals surface area contributed by atoms with Crippen LogP contribution in [0.3, 0.4) is 0 Å². The van der Waals surface area contributed by atoms with E-state index in [0.29, 0.717) is 11.1 Å². The summed E-state index contributed by atoms with van der Waals surface area (Å²) >= 11 is 1.37. The van der Waals surface area contributed by atoms with Gasteiger partial charge >= 0.3 is 0 Å². The molecule has 0 fully saturated rings. The van der Waals surface area contributed by atoms with Gasteiger partial charge in [0.2, 0.25) is 5.91 Å². The minimum Gasteiger partial charge on any atom is -0.351 e. The molecule has 0 heterocycles. The Balaban J connectivity index is 1.79. The summed E-state index contributed by atoms with van der Waals surface area (Å²) in [6, 6.07) is 15.4. The number of carbonyl (C=O) groups is 1. The van der Waals surface area contributed by atoms with Crippen molar-refractivity contribution >= 4 is 17.7 Å². The summed E-state index contributed by atoms with van der Waals surface area (Å²) in [7, 11) is 0. The topological polar surface area (TPSA) is 52.9 Å². The lowest BCUT2D eigenvalue weighted by Crippen LogP contribution is -2.24. The van der Waals surface area contributed by atoms with Gasteiger partial charge < -0.3 is 5.32 Å². The molecule has 0 radical (unpaired) electrons. The van der Waals surface area contributed by atoms with Gasteiger partial charge in [-0.05, 0) is 30.3 Å². The predicted octanol–water partition coefficient (Wildman–Crippen LogP) is 3.11. The average Bonchev–Trinajstić information content (AvgIpc) is 2.52. The van der Waals surface area contributed by atoms with Crippen molar-refractivity contribution in [2.75, 3.05) is 5.75 Å². The summed E-state index contributed by atoms with van der Waals surface area (Å²) in [6.07, 6.45) is 0. The molecular formula is C16H13FN2OS. The lowest BCUT2D eigenvalue weighted by Gasteiger charge is -2.06. The van der Waals surface area contributed by atoms with Crippen LogP contribution in [0.1, 0.15) is 11.1 Å². The van der Waals surface area contributed by atoms with E-state index < -0.39 is 0 Å². The molecule has 21 heavy (non-hydrogen) atoms. The van der Waals surface area contributed by atoms with Gasteiger partial charge in [0.15, 0.2) is 0 Å². The molecule has 2 aromatic carbocycles. The minimum atomic E-state index is -0.322. The zero-order chi connectivity index (χ0) is 15.1. The largest absolute Gasteiger partial charge is 0.351 e. The second-order valence-corrected chi connectivity index (χ2v) is 5.34. The number of hydrogen-bond acceptors (Lipinski definition) is 3. The van der Waals surface area contributed by atoms with Crippen molar-refractivity contribution in [2.45, 2.75) is 11.4 Å². The van der Waals surface area contributed by atoms with Crippen LogP contribution in [0.4, 0.5) is 4.39 Å². The van der Waals surface area contributed by atoms with E-state index in [4.69, 9.17) is 5.26 Å². The number of thioether (sulfide) groups is 1. The fraction of sp³-hybridized carbons (Fsp3) is 0.125. The quantitative estimate of drug-likeness (QED) is 0.863. The first kappa shape index (κ1) is 15.1. The van der Waals surface area contributed by atoms with E-state index in [9.17, 15) is 9.18 Å². The molecule has 2 rings (SSSR count). The summed E-state index contributed by atoms with van der Waals surface area (Å²) in [5.74, 6) is -0.231. The molecule has 0 spiro atoms. The Morgan fingerprint density at radius 1 is 1.19 bits per heavy atom. The van der Waals surface area contributed by atoms with Gasteiger partial charge in [0.25, 0.3) is 0 Å². The van der Waals surface area contributed by atoms with E-state index in [2.05, 4.69) is 5.32 Å². The fourth-order valence-corrected chi connectivity index (χ4v) is 2.39. The maximum absolute atomic E-state index is 13.4. The van der Waals surface area contributed by atoms with Crippen molar-refractivity contribution in [1.29, 1.82) is 5.26 Å². The van der Waals surface area contributed by atoms with Crippen LogP contribution in [0.15, 0.2) is 53.4 Å². The predicted molar refractivity (Wildman–Crippen MR) is 80.1 cm³/mol. The third-order valence-electron chi connectivity index (χ3n) is 2.79. The minimum absolute atomic E-state index is 0.160. The maximum Gasteiger partial charge on any atom is 0.230 e. The number of carbonyl (C=O) groups excluding carboxylic acids is 1. The van der Waals surface area contributed by atoms with Crippen molar-refractivity contribution in [3.8, 4) is 6.07 Å². The Labute approximate surface area is 126 Å². The van der Waals surface area contributed by atoms with Crippen molar-refractivity contribution in [2.24, 2.45) is 0 Å². The molecule has 0 saturated heterocycles. The molecule has 0 aliphatic heterocycles. The van der Waals surface area contributed by atoms with Crippen molar-refractivity contribution in [3.63, 3.8) is 0 Å². The zero-order valence-electron chi connectivity index (χ0n) is 11.2. The number of benzene rings is 2. The standard InChI is InChI=1S/C16H13FN2OS/c17-15-4-2-1-3-13(15)10-19-16(20)11-21-14-7-5-12(9-18)6-8-14/h1-8H,10-11H2,(H,19,20). The number of rotatable bonds is 5. The second-order valence-electron chi connectivity index (χ2n) is 4.29. The lowest BCUT2D eigenvalue weighted by atomic mass is 10.2. The van der Waals surface area contributed by atoms with Crippen molar-refractivity contribution in [3.05, 3.63) is 65.5 Å². The molecular weight excluding hydrogens is 287 g/mol. The molecule has 106 valence electrons. The zero-order valence-corrected chi connectivity index (χ0v) is 12.0. The fourth-order valence-electron chi connectivity index (χ4n) is 1.66. The van der Waals surface area contributed by atoms with Crippen molar-refractivity contribution in [1.82, 2.24) is 5.32 Å². The highest BCUT2D eigenvalue weighted by Crippen LogP contribution is 2.18. The van der Waals surface area contributed by atoms with Gasteiger partial charge in [-0.2, -0.15) is 5.26 Å². The molecule has 1 N–H and O–H groups in total. The molecule has 0 aliphatic carbocycles. The molecule has 0 aromatic heterocycles. The summed E-state index contributed by atoms with van der Waals surface area (Å²) in [5, 5.41) is 11.4. The van der Waals surface area contributed by atoms with E-state index in [1.54, 1.807) is 42.5 Å². The molecule has 0 saturated carbocycles. The van der Waals surface area contributed by atoms with Gasteiger partial charge in [-0.15, -0.1) is 11.8 Å². The number of nitrogens with one attached hydrogen (secondary N) is 1. The van der Waals surface area contributed by atoms with Crippen LogP contribution < -0.4 is 5.32 Å². The van der Waals surface area contributed by atoms with Gasteiger partial charge in [0, 0.05) is 17.0 Å². The van der Waals surface area contributed by atoms with E-state index in [-0.39, 0.29) is 24.0 Å². The van der Waals surface area contributed by atoms with Crippen LogP contribution >= 0.6 is 11.8 Å². The van der Waals surface area contributed by atoms with Gasteiger partial charge in [-0.25, -0.2) is 4.39 Å². The number of nitrogens with zero attached hydrogens (tertiary/aromatic N) is 1. The highest BCUT2D eigenvalue weighted by molar-refractivity contribution is 8.00. The highest BCUT2D eigenvalue weighted by Gasteiger charge is 2.05. The summed E-state index contributed by atoms with van der Waals surface area (Å²) in [5.41, 5.74) is 1.05.